The molecule has 4 rings (SSSR count). The van der Waals surface area contributed by atoms with Crippen LogP contribution in [0.15, 0.2) is 42.5 Å². The number of carbonyl (C=O) groups is 1. The first-order valence-corrected chi connectivity index (χ1v) is 7.15. The number of fused-ring (bicyclic) bond motifs is 2. The third kappa shape index (κ3) is 1.87. The van der Waals surface area contributed by atoms with Crippen LogP contribution in [0.4, 0.5) is 11.4 Å². The number of nitrogen functional groups attached to an aromatic ring is 1. The maximum atomic E-state index is 12.9. The minimum atomic E-state index is -0.204. The summed E-state index contributed by atoms with van der Waals surface area (Å²) in [6.45, 7) is 1.15. The average molecular weight is 280 g/mol. The Bertz CT molecular complexity index is 726. The largest absolute Gasteiger partial charge is 0.492 e. The molecule has 1 unspecified atom stereocenters. The molecule has 4 nitrogen and oxygen atoms in total. The molecule has 21 heavy (non-hydrogen) atoms. The summed E-state index contributed by atoms with van der Waals surface area (Å²) in [5.41, 5.74) is 9.69. The van der Waals surface area contributed by atoms with Gasteiger partial charge < -0.3 is 15.4 Å². The Hall–Kier alpha value is -2.49. The highest BCUT2D eigenvalue weighted by Crippen LogP contribution is 2.38. The monoisotopic (exact) mass is 280 g/mol. The number of nitrogens with two attached hydrogens (primary N) is 1. The zero-order valence-corrected chi connectivity index (χ0v) is 11.6. The van der Waals surface area contributed by atoms with Crippen molar-refractivity contribution in [1.82, 2.24) is 0 Å². The predicted octanol–water partition coefficient (Wildman–Crippen LogP) is 2.33. The second kappa shape index (κ2) is 4.52. The van der Waals surface area contributed by atoms with Crippen molar-refractivity contribution in [1.29, 1.82) is 0 Å². The van der Waals surface area contributed by atoms with Gasteiger partial charge in [-0.25, -0.2) is 0 Å². The molecule has 2 aromatic rings. The van der Waals surface area contributed by atoms with Gasteiger partial charge in [0.15, 0.2) is 0 Å². The van der Waals surface area contributed by atoms with Gasteiger partial charge in [-0.05, 0) is 36.2 Å². The van der Waals surface area contributed by atoms with Crippen molar-refractivity contribution in [2.24, 2.45) is 0 Å². The van der Waals surface area contributed by atoms with Crippen molar-refractivity contribution in [2.75, 3.05) is 23.8 Å². The van der Waals surface area contributed by atoms with Gasteiger partial charge in [0, 0.05) is 23.5 Å². The van der Waals surface area contributed by atoms with E-state index in [1.807, 2.05) is 47.4 Å². The SMILES string of the molecule is Nc1ccc2c(c1)CCN2C(=O)C1COc2ccccc21. The van der Waals surface area contributed by atoms with Crippen molar-refractivity contribution in [3.63, 3.8) is 0 Å². The molecule has 2 aliphatic rings. The summed E-state index contributed by atoms with van der Waals surface area (Å²) in [7, 11) is 0. The molecule has 0 aromatic heterocycles. The van der Waals surface area contributed by atoms with E-state index in [1.165, 1.54) is 0 Å². The van der Waals surface area contributed by atoms with Gasteiger partial charge >= 0.3 is 0 Å². The second-order valence-electron chi connectivity index (χ2n) is 5.53. The van der Waals surface area contributed by atoms with Crippen molar-refractivity contribution in [3.05, 3.63) is 53.6 Å². The summed E-state index contributed by atoms with van der Waals surface area (Å²) in [6.07, 6.45) is 0.862. The number of amides is 1. The van der Waals surface area contributed by atoms with Crippen LogP contribution in [0.3, 0.4) is 0 Å². The van der Waals surface area contributed by atoms with Crippen molar-refractivity contribution < 1.29 is 9.53 Å². The van der Waals surface area contributed by atoms with Gasteiger partial charge in [0.2, 0.25) is 5.91 Å². The predicted molar refractivity (Wildman–Crippen MR) is 81.6 cm³/mol. The number of nitrogens with zero attached hydrogens (tertiary/aromatic N) is 1. The van der Waals surface area contributed by atoms with Crippen molar-refractivity contribution in [2.45, 2.75) is 12.3 Å². The molecule has 4 heteroatoms. The quantitative estimate of drug-likeness (QED) is 0.816. The number of anilines is 2. The molecule has 0 saturated heterocycles. The number of ether oxygens (including phenoxy) is 1. The molecule has 2 N–H and O–H groups in total. The minimum Gasteiger partial charge on any atom is -0.492 e. The lowest BCUT2D eigenvalue weighted by Crippen LogP contribution is -2.34. The molecule has 1 amide bonds. The van der Waals surface area contributed by atoms with E-state index in [9.17, 15) is 4.79 Å². The normalized spacial score (nSPS) is 19.0. The summed E-state index contributed by atoms with van der Waals surface area (Å²) < 4.78 is 5.63. The molecule has 2 aromatic carbocycles. The van der Waals surface area contributed by atoms with Crippen molar-refractivity contribution >= 4 is 17.3 Å². The Morgan fingerprint density at radius 3 is 3.00 bits per heavy atom. The van der Waals surface area contributed by atoms with Gasteiger partial charge in [-0.3, -0.25) is 4.79 Å². The lowest BCUT2D eigenvalue weighted by molar-refractivity contribution is -0.120. The van der Waals surface area contributed by atoms with E-state index in [-0.39, 0.29) is 11.8 Å². The number of benzene rings is 2. The first kappa shape index (κ1) is 12.3. The van der Waals surface area contributed by atoms with Crippen LogP contribution in [0, 0.1) is 0 Å². The molecular weight excluding hydrogens is 264 g/mol. The van der Waals surface area contributed by atoms with Crippen LogP contribution in [0.25, 0.3) is 0 Å². The summed E-state index contributed by atoms with van der Waals surface area (Å²) in [5, 5.41) is 0. The molecule has 0 spiro atoms. The summed E-state index contributed by atoms with van der Waals surface area (Å²) in [6, 6.07) is 13.5. The fourth-order valence-electron chi connectivity index (χ4n) is 3.21. The second-order valence-corrected chi connectivity index (χ2v) is 5.53. The van der Waals surface area contributed by atoms with E-state index in [0.29, 0.717) is 6.61 Å². The minimum absolute atomic E-state index is 0.114. The number of carbonyl (C=O) groups excluding carboxylic acids is 1. The molecule has 0 saturated carbocycles. The first-order valence-electron chi connectivity index (χ1n) is 7.15. The van der Waals surface area contributed by atoms with E-state index in [0.717, 1.165) is 41.2 Å². The third-order valence-electron chi connectivity index (χ3n) is 4.26. The molecule has 2 heterocycles. The third-order valence-corrected chi connectivity index (χ3v) is 4.26. The van der Waals surface area contributed by atoms with Gasteiger partial charge in [0.1, 0.15) is 18.3 Å². The van der Waals surface area contributed by atoms with Crippen LogP contribution in [0.1, 0.15) is 17.0 Å². The summed E-state index contributed by atoms with van der Waals surface area (Å²) >= 11 is 0. The Labute approximate surface area is 123 Å². The Kier molecular flexibility index (Phi) is 2.64. The molecule has 106 valence electrons. The highest BCUT2D eigenvalue weighted by Gasteiger charge is 2.36. The number of rotatable bonds is 1. The van der Waals surface area contributed by atoms with Crippen LogP contribution in [0.2, 0.25) is 0 Å². The fourth-order valence-corrected chi connectivity index (χ4v) is 3.21. The van der Waals surface area contributed by atoms with Crippen LogP contribution >= 0.6 is 0 Å². The van der Waals surface area contributed by atoms with E-state index >= 15 is 0 Å². The van der Waals surface area contributed by atoms with E-state index in [4.69, 9.17) is 10.5 Å². The standard InChI is InChI=1S/C17H16N2O2/c18-12-5-6-15-11(9-12)7-8-19(15)17(20)14-10-21-16-4-2-1-3-13(14)16/h1-6,9,14H,7-8,10,18H2. The van der Waals surface area contributed by atoms with Crippen LogP contribution < -0.4 is 15.4 Å². The lowest BCUT2D eigenvalue weighted by atomic mass is 10.00. The molecule has 0 fully saturated rings. The van der Waals surface area contributed by atoms with Crippen LogP contribution in [-0.2, 0) is 11.2 Å². The molecule has 0 aliphatic carbocycles. The summed E-state index contributed by atoms with van der Waals surface area (Å²) in [4.78, 5) is 14.7. The lowest BCUT2D eigenvalue weighted by Gasteiger charge is -2.21. The molecule has 0 bridgehead atoms. The molecular formula is C17H16N2O2. The molecule has 2 aliphatic heterocycles. The van der Waals surface area contributed by atoms with Crippen molar-refractivity contribution in [3.8, 4) is 5.75 Å². The zero-order chi connectivity index (χ0) is 14.4. The average Bonchev–Trinajstić information content (AvgIpc) is 3.10. The zero-order valence-electron chi connectivity index (χ0n) is 11.6. The summed E-state index contributed by atoms with van der Waals surface area (Å²) in [5.74, 6) is 0.737. The van der Waals surface area contributed by atoms with Gasteiger partial charge in [-0.2, -0.15) is 0 Å². The molecule has 1 atom stereocenters. The highest BCUT2D eigenvalue weighted by atomic mass is 16.5. The number of hydrogen-bond acceptors (Lipinski definition) is 3. The van der Waals surface area contributed by atoms with Crippen LogP contribution in [0.5, 0.6) is 5.75 Å². The molecule has 0 radical (unpaired) electrons. The van der Waals surface area contributed by atoms with E-state index in [2.05, 4.69) is 0 Å². The van der Waals surface area contributed by atoms with E-state index < -0.39 is 0 Å². The van der Waals surface area contributed by atoms with Gasteiger partial charge in [0.25, 0.3) is 0 Å². The number of para-hydroxylation sites is 1. The van der Waals surface area contributed by atoms with E-state index in [1.54, 1.807) is 0 Å². The Morgan fingerprint density at radius 1 is 1.24 bits per heavy atom. The Morgan fingerprint density at radius 2 is 2.10 bits per heavy atom. The number of hydrogen-bond donors (Lipinski definition) is 1. The fraction of sp³-hybridized carbons (Fsp3) is 0.235. The highest BCUT2D eigenvalue weighted by molar-refractivity contribution is 6.00. The van der Waals surface area contributed by atoms with Crippen LogP contribution in [-0.4, -0.2) is 19.1 Å². The van der Waals surface area contributed by atoms with Gasteiger partial charge in [-0.15, -0.1) is 0 Å². The topological polar surface area (TPSA) is 55.6 Å². The first-order chi connectivity index (χ1) is 10.2. The van der Waals surface area contributed by atoms with Gasteiger partial charge in [0.05, 0.1) is 0 Å². The Balaban J connectivity index is 1.66. The maximum absolute atomic E-state index is 12.9. The maximum Gasteiger partial charge on any atom is 0.238 e. The van der Waals surface area contributed by atoms with Gasteiger partial charge in [-0.1, -0.05) is 18.2 Å². The smallest absolute Gasteiger partial charge is 0.238 e.